The second-order valence-electron chi connectivity index (χ2n) is 9.87. The van der Waals surface area contributed by atoms with Gasteiger partial charge in [-0.1, -0.05) is 55.8 Å². The van der Waals surface area contributed by atoms with Gasteiger partial charge in [-0.3, -0.25) is 13.9 Å². The fourth-order valence-corrected chi connectivity index (χ4v) is 6.19. The molecule has 0 saturated carbocycles. The Morgan fingerprint density at radius 3 is 2.29 bits per heavy atom. The zero-order valence-corrected chi connectivity index (χ0v) is 25.7. The van der Waals surface area contributed by atoms with Gasteiger partial charge in [-0.25, -0.2) is 8.42 Å². The number of sulfonamides is 1. The third-order valence-electron chi connectivity index (χ3n) is 6.91. The SMILES string of the molecule is CC[C@@H](C)NC(=O)[C@@H](CC)N(Cc1cccc(OC)c1)C(=O)CN(c1ccc(Cl)cc1C)S(=O)(=O)c1ccccc1. The number of nitrogens with one attached hydrogen (secondary N) is 1. The van der Waals surface area contributed by atoms with Crippen LogP contribution in [-0.2, 0) is 26.2 Å². The van der Waals surface area contributed by atoms with Gasteiger partial charge >= 0.3 is 0 Å². The van der Waals surface area contributed by atoms with Gasteiger partial charge in [0.2, 0.25) is 11.8 Å². The van der Waals surface area contributed by atoms with E-state index in [0.29, 0.717) is 28.4 Å². The quantitative estimate of drug-likeness (QED) is 0.277. The molecule has 0 bridgehead atoms. The average Bonchev–Trinajstić information content (AvgIpc) is 2.96. The van der Waals surface area contributed by atoms with Crippen LogP contribution >= 0.6 is 11.6 Å². The second-order valence-corrected chi connectivity index (χ2v) is 12.2. The van der Waals surface area contributed by atoms with Gasteiger partial charge in [-0.15, -0.1) is 0 Å². The molecule has 0 radical (unpaired) electrons. The third kappa shape index (κ3) is 8.01. The zero-order chi connectivity index (χ0) is 30.2. The van der Waals surface area contributed by atoms with Gasteiger partial charge in [0.1, 0.15) is 18.3 Å². The van der Waals surface area contributed by atoms with Crippen molar-refractivity contribution in [3.8, 4) is 5.75 Å². The highest BCUT2D eigenvalue weighted by Gasteiger charge is 2.34. The standard InChI is InChI=1S/C31H38ClN3O5S/c1-6-23(4)33-31(37)28(7-2)34(20-24-12-11-13-26(19-24)40-5)30(36)21-35(29-17-16-25(32)18-22(29)3)41(38,39)27-14-9-8-10-15-27/h8-19,23,28H,6-7,20-21H2,1-5H3,(H,33,37)/t23-,28-/m1/s1. The molecule has 3 aromatic rings. The number of hydrogen-bond donors (Lipinski definition) is 1. The van der Waals surface area contributed by atoms with Gasteiger partial charge in [-0.05, 0) is 80.3 Å². The topological polar surface area (TPSA) is 96.0 Å². The molecule has 3 rings (SSSR count). The van der Waals surface area contributed by atoms with Crippen LogP contribution in [0.1, 0.15) is 44.7 Å². The number of benzene rings is 3. The lowest BCUT2D eigenvalue weighted by Gasteiger charge is -2.34. The van der Waals surface area contributed by atoms with Gasteiger partial charge in [0, 0.05) is 17.6 Å². The molecule has 0 fully saturated rings. The van der Waals surface area contributed by atoms with Crippen LogP contribution in [0.4, 0.5) is 5.69 Å². The van der Waals surface area contributed by atoms with Crippen LogP contribution < -0.4 is 14.4 Å². The first-order valence-corrected chi connectivity index (χ1v) is 15.4. The van der Waals surface area contributed by atoms with Crippen LogP contribution in [0, 0.1) is 6.92 Å². The van der Waals surface area contributed by atoms with Crippen LogP contribution in [0.25, 0.3) is 0 Å². The summed E-state index contributed by atoms with van der Waals surface area (Å²) < 4.78 is 34.4. The van der Waals surface area contributed by atoms with Crippen molar-refractivity contribution in [1.82, 2.24) is 10.2 Å². The van der Waals surface area contributed by atoms with Crippen molar-refractivity contribution in [2.75, 3.05) is 18.0 Å². The summed E-state index contributed by atoms with van der Waals surface area (Å²) in [7, 11) is -2.60. The Morgan fingerprint density at radius 2 is 1.68 bits per heavy atom. The highest BCUT2D eigenvalue weighted by atomic mass is 35.5. The molecule has 41 heavy (non-hydrogen) atoms. The number of rotatable bonds is 13. The van der Waals surface area contributed by atoms with Crippen LogP contribution in [0.5, 0.6) is 5.75 Å². The molecule has 2 atom stereocenters. The fourth-order valence-electron chi connectivity index (χ4n) is 4.46. The normalized spacial score (nSPS) is 12.7. The predicted octanol–water partition coefficient (Wildman–Crippen LogP) is 5.57. The minimum absolute atomic E-state index is 0.0445. The second kappa shape index (κ2) is 14.4. The van der Waals surface area contributed by atoms with E-state index in [2.05, 4.69) is 5.32 Å². The number of halogens is 1. The lowest BCUT2D eigenvalue weighted by atomic mass is 10.1. The Morgan fingerprint density at radius 1 is 0.976 bits per heavy atom. The van der Waals surface area contributed by atoms with Crippen molar-refractivity contribution in [1.29, 1.82) is 0 Å². The van der Waals surface area contributed by atoms with E-state index in [1.54, 1.807) is 68.6 Å². The van der Waals surface area contributed by atoms with Gasteiger partial charge < -0.3 is 15.0 Å². The number of carbonyl (C=O) groups is 2. The average molecular weight is 600 g/mol. The number of nitrogens with zero attached hydrogens (tertiary/aromatic N) is 2. The molecule has 0 aliphatic carbocycles. The summed E-state index contributed by atoms with van der Waals surface area (Å²) in [5, 5.41) is 3.42. The van der Waals surface area contributed by atoms with E-state index in [4.69, 9.17) is 16.3 Å². The molecule has 8 nitrogen and oxygen atoms in total. The van der Waals surface area contributed by atoms with Crippen molar-refractivity contribution >= 4 is 39.1 Å². The predicted molar refractivity (Wildman–Crippen MR) is 163 cm³/mol. The molecule has 3 aromatic carbocycles. The number of carbonyl (C=O) groups excluding carboxylic acids is 2. The molecule has 1 N–H and O–H groups in total. The highest BCUT2D eigenvalue weighted by molar-refractivity contribution is 7.92. The maximum atomic E-state index is 14.2. The molecule has 0 aromatic heterocycles. The Balaban J connectivity index is 2.09. The fraction of sp³-hybridized carbons (Fsp3) is 0.355. The van der Waals surface area contributed by atoms with Crippen LogP contribution in [0.2, 0.25) is 5.02 Å². The van der Waals surface area contributed by atoms with Gasteiger partial charge in [0.05, 0.1) is 17.7 Å². The Kier molecular flexibility index (Phi) is 11.2. The van der Waals surface area contributed by atoms with Gasteiger partial charge in [0.15, 0.2) is 0 Å². The molecule has 2 amide bonds. The van der Waals surface area contributed by atoms with E-state index in [-0.39, 0.29) is 23.4 Å². The summed E-state index contributed by atoms with van der Waals surface area (Å²) in [6.07, 6.45) is 1.06. The summed E-state index contributed by atoms with van der Waals surface area (Å²) in [6, 6.07) is 19.1. The first-order chi connectivity index (χ1) is 19.5. The number of amides is 2. The van der Waals surface area contributed by atoms with Crippen molar-refractivity contribution in [3.63, 3.8) is 0 Å². The van der Waals surface area contributed by atoms with E-state index < -0.39 is 28.5 Å². The molecule has 10 heteroatoms. The molecule has 0 heterocycles. The van der Waals surface area contributed by atoms with Gasteiger partial charge in [-0.2, -0.15) is 0 Å². The Bertz CT molecular complexity index is 1450. The Hall–Kier alpha value is -3.56. The Labute approximate surface area is 248 Å². The highest BCUT2D eigenvalue weighted by Crippen LogP contribution is 2.29. The molecule has 0 saturated heterocycles. The summed E-state index contributed by atoms with van der Waals surface area (Å²) in [6.45, 7) is 7.00. The molecular weight excluding hydrogens is 562 g/mol. The molecular formula is C31H38ClN3O5S. The monoisotopic (exact) mass is 599 g/mol. The van der Waals surface area contributed by atoms with E-state index in [1.165, 1.54) is 17.0 Å². The van der Waals surface area contributed by atoms with Crippen molar-refractivity contribution in [2.24, 2.45) is 0 Å². The number of ether oxygens (including phenoxy) is 1. The molecule has 0 spiro atoms. The number of methoxy groups -OCH3 is 1. The van der Waals surface area contributed by atoms with Crippen molar-refractivity contribution in [3.05, 3.63) is 88.9 Å². The van der Waals surface area contributed by atoms with E-state index in [1.807, 2.05) is 26.8 Å². The summed E-state index contributed by atoms with van der Waals surface area (Å²) in [5.74, 6) is -0.205. The van der Waals surface area contributed by atoms with Gasteiger partial charge in [0.25, 0.3) is 10.0 Å². The third-order valence-corrected chi connectivity index (χ3v) is 8.92. The van der Waals surface area contributed by atoms with Crippen LogP contribution in [-0.4, -0.2) is 50.9 Å². The van der Waals surface area contributed by atoms with Crippen molar-refractivity contribution < 1.29 is 22.7 Å². The van der Waals surface area contributed by atoms with E-state index >= 15 is 0 Å². The maximum absolute atomic E-state index is 14.2. The summed E-state index contributed by atoms with van der Waals surface area (Å²) in [4.78, 5) is 29.1. The summed E-state index contributed by atoms with van der Waals surface area (Å²) >= 11 is 6.17. The number of anilines is 1. The summed E-state index contributed by atoms with van der Waals surface area (Å²) in [5.41, 5.74) is 1.66. The zero-order valence-electron chi connectivity index (χ0n) is 24.1. The number of hydrogen-bond acceptors (Lipinski definition) is 5. The first-order valence-electron chi connectivity index (χ1n) is 13.6. The number of aryl methyl sites for hydroxylation is 1. The smallest absolute Gasteiger partial charge is 0.264 e. The largest absolute Gasteiger partial charge is 0.497 e. The van der Waals surface area contributed by atoms with E-state index in [9.17, 15) is 18.0 Å². The van der Waals surface area contributed by atoms with E-state index in [0.717, 1.165) is 16.3 Å². The maximum Gasteiger partial charge on any atom is 0.264 e. The lowest BCUT2D eigenvalue weighted by molar-refractivity contribution is -0.140. The molecule has 220 valence electrons. The van der Waals surface area contributed by atoms with Crippen LogP contribution in [0.15, 0.2) is 77.7 Å². The molecule has 0 aliphatic heterocycles. The van der Waals surface area contributed by atoms with Crippen LogP contribution in [0.3, 0.4) is 0 Å². The molecule has 0 unspecified atom stereocenters. The minimum Gasteiger partial charge on any atom is -0.497 e. The minimum atomic E-state index is -4.16. The lowest BCUT2D eigenvalue weighted by Crippen LogP contribution is -2.53. The molecule has 0 aliphatic rings. The van der Waals surface area contributed by atoms with Crippen molar-refractivity contribution in [2.45, 2.75) is 64.1 Å². The first kappa shape index (κ1) is 32.0.